The first-order valence-electron chi connectivity index (χ1n) is 6.97. The van der Waals surface area contributed by atoms with Gasteiger partial charge in [-0.2, -0.15) is 5.10 Å². The molecule has 0 aliphatic rings. The van der Waals surface area contributed by atoms with E-state index in [1.807, 2.05) is 18.5 Å². The maximum Gasteiger partial charge on any atom is 0.148 e. The molecule has 1 atom stereocenters. The van der Waals surface area contributed by atoms with Crippen molar-refractivity contribution in [1.82, 2.24) is 15.1 Å². The van der Waals surface area contributed by atoms with E-state index in [4.69, 9.17) is 0 Å². The molecule has 116 valence electrons. The van der Waals surface area contributed by atoms with Crippen LogP contribution in [0, 0.1) is 0 Å². The van der Waals surface area contributed by atoms with Crippen LogP contribution in [0.15, 0.2) is 4.47 Å². The number of nitrogens with one attached hydrogen (secondary N) is 1. The average molecular weight is 366 g/mol. The summed E-state index contributed by atoms with van der Waals surface area (Å²) in [5.41, 5.74) is 2.09. The fourth-order valence-electron chi connectivity index (χ4n) is 2.29. The summed E-state index contributed by atoms with van der Waals surface area (Å²) in [4.78, 5) is 0. The number of halogens is 1. The smallest absolute Gasteiger partial charge is 0.148 e. The molecule has 0 radical (unpaired) electrons. The predicted octanol–water partition coefficient (Wildman–Crippen LogP) is 1.79. The van der Waals surface area contributed by atoms with Gasteiger partial charge in [0.1, 0.15) is 9.84 Å². The van der Waals surface area contributed by atoms with E-state index >= 15 is 0 Å². The van der Waals surface area contributed by atoms with E-state index in [-0.39, 0.29) is 11.8 Å². The van der Waals surface area contributed by atoms with Gasteiger partial charge in [-0.3, -0.25) is 4.68 Å². The molecule has 0 spiro atoms. The maximum atomic E-state index is 11.5. The monoisotopic (exact) mass is 365 g/mol. The molecule has 0 aromatic carbocycles. The molecule has 0 amide bonds. The van der Waals surface area contributed by atoms with Crippen LogP contribution in [0.25, 0.3) is 0 Å². The van der Waals surface area contributed by atoms with Crippen LogP contribution in [0.4, 0.5) is 0 Å². The molecule has 1 aromatic heterocycles. The number of sulfone groups is 1. The molecule has 1 heterocycles. The summed E-state index contributed by atoms with van der Waals surface area (Å²) in [6.07, 6.45) is 2.79. The molecule has 1 aromatic rings. The molecule has 0 fully saturated rings. The Bertz CT molecular complexity index is 540. The van der Waals surface area contributed by atoms with Crippen molar-refractivity contribution in [3.63, 3.8) is 0 Å². The van der Waals surface area contributed by atoms with Crippen molar-refractivity contribution in [2.45, 2.75) is 46.2 Å². The molecule has 0 bridgehead atoms. The molecule has 0 saturated carbocycles. The molecular weight excluding hydrogens is 342 g/mol. The van der Waals surface area contributed by atoms with Crippen LogP contribution in [-0.2, 0) is 29.2 Å². The molecule has 7 heteroatoms. The molecule has 5 nitrogen and oxygen atoms in total. The number of aryl methyl sites for hydroxylation is 2. The second kappa shape index (κ2) is 7.56. The fourth-order valence-corrected chi connectivity index (χ4v) is 3.98. The normalized spacial score (nSPS) is 13.7. The lowest BCUT2D eigenvalue weighted by molar-refractivity contribution is 0.518. The highest BCUT2D eigenvalue weighted by Gasteiger charge is 2.21. The molecule has 0 saturated heterocycles. The van der Waals surface area contributed by atoms with Crippen LogP contribution in [0.2, 0.25) is 0 Å². The third-order valence-corrected chi connectivity index (χ3v) is 5.05. The van der Waals surface area contributed by atoms with Crippen LogP contribution in [-0.4, -0.2) is 42.8 Å². The summed E-state index contributed by atoms with van der Waals surface area (Å²) in [6.45, 7) is 7.62. The third kappa shape index (κ3) is 4.86. The molecule has 1 rings (SSSR count). The minimum Gasteiger partial charge on any atom is -0.313 e. The minimum absolute atomic E-state index is 0.0852. The molecule has 20 heavy (non-hydrogen) atoms. The Morgan fingerprint density at radius 2 is 2.00 bits per heavy atom. The van der Waals surface area contributed by atoms with Gasteiger partial charge < -0.3 is 5.32 Å². The molecule has 0 aliphatic heterocycles. The van der Waals surface area contributed by atoms with Gasteiger partial charge in [0.2, 0.25) is 0 Å². The zero-order chi connectivity index (χ0) is 15.3. The molecule has 1 unspecified atom stereocenters. The lowest BCUT2D eigenvalue weighted by Crippen LogP contribution is -2.37. The lowest BCUT2D eigenvalue weighted by atomic mass is 10.1. The highest BCUT2D eigenvalue weighted by molar-refractivity contribution is 9.10. The first-order valence-corrected chi connectivity index (χ1v) is 9.82. The first-order chi connectivity index (χ1) is 9.32. The largest absolute Gasteiger partial charge is 0.313 e. The SMILES string of the molecule is CCNC(Cc1c(Br)c(CC)nn1CC)CS(C)(=O)=O. The Balaban J connectivity index is 3.01. The van der Waals surface area contributed by atoms with Crippen LogP contribution in [0.1, 0.15) is 32.2 Å². The van der Waals surface area contributed by atoms with Gasteiger partial charge in [0.15, 0.2) is 0 Å². The van der Waals surface area contributed by atoms with Gasteiger partial charge in [-0.25, -0.2) is 8.42 Å². The number of nitrogens with zero attached hydrogens (tertiary/aromatic N) is 2. The number of hydrogen-bond donors (Lipinski definition) is 1. The molecular formula is C13H24BrN3O2S. The maximum absolute atomic E-state index is 11.5. The van der Waals surface area contributed by atoms with Crippen molar-refractivity contribution in [1.29, 1.82) is 0 Å². The minimum atomic E-state index is -3.00. The Morgan fingerprint density at radius 1 is 1.35 bits per heavy atom. The van der Waals surface area contributed by atoms with Crippen LogP contribution >= 0.6 is 15.9 Å². The summed E-state index contributed by atoms with van der Waals surface area (Å²) in [5.74, 6) is 0.142. The van der Waals surface area contributed by atoms with E-state index in [2.05, 4.69) is 33.3 Å². The van der Waals surface area contributed by atoms with E-state index < -0.39 is 9.84 Å². The standard InChI is InChI=1S/C13H24BrN3O2S/c1-5-11-13(14)12(17(7-3)16-11)8-10(15-6-2)9-20(4,18)19/h10,15H,5-9H2,1-4H3. The van der Waals surface area contributed by atoms with E-state index in [1.165, 1.54) is 6.26 Å². The van der Waals surface area contributed by atoms with Gasteiger partial charge >= 0.3 is 0 Å². The molecule has 0 aliphatic carbocycles. The zero-order valence-corrected chi connectivity index (χ0v) is 15.0. The number of hydrogen-bond acceptors (Lipinski definition) is 4. The van der Waals surface area contributed by atoms with Gasteiger partial charge in [-0.15, -0.1) is 0 Å². The van der Waals surface area contributed by atoms with Crippen molar-refractivity contribution in [2.75, 3.05) is 18.6 Å². The average Bonchev–Trinajstić information content (AvgIpc) is 2.64. The molecule has 1 N–H and O–H groups in total. The van der Waals surface area contributed by atoms with Gasteiger partial charge in [-0.1, -0.05) is 13.8 Å². The third-order valence-electron chi connectivity index (χ3n) is 3.13. The number of aromatic nitrogens is 2. The van der Waals surface area contributed by atoms with Crippen molar-refractivity contribution >= 4 is 25.8 Å². The van der Waals surface area contributed by atoms with Crippen molar-refractivity contribution in [3.8, 4) is 0 Å². The van der Waals surface area contributed by atoms with E-state index in [0.29, 0.717) is 6.42 Å². The van der Waals surface area contributed by atoms with E-state index in [1.54, 1.807) is 0 Å². The summed E-state index contributed by atoms with van der Waals surface area (Å²) >= 11 is 3.60. The van der Waals surface area contributed by atoms with Crippen LogP contribution in [0.5, 0.6) is 0 Å². The number of likely N-dealkylation sites (N-methyl/N-ethyl adjacent to an activating group) is 1. The zero-order valence-electron chi connectivity index (χ0n) is 12.6. The predicted molar refractivity (Wildman–Crippen MR) is 85.9 cm³/mol. The quantitative estimate of drug-likeness (QED) is 0.762. The summed E-state index contributed by atoms with van der Waals surface area (Å²) in [5, 5.41) is 7.80. The van der Waals surface area contributed by atoms with Gasteiger partial charge in [0.05, 0.1) is 21.6 Å². The van der Waals surface area contributed by atoms with E-state index in [9.17, 15) is 8.42 Å². The second-order valence-electron chi connectivity index (χ2n) is 4.93. The fraction of sp³-hybridized carbons (Fsp3) is 0.769. The Labute approximate surface area is 130 Å². The highest BCUT2D eigenvalue weighted by Crippen LogP contribution is 2.23. The summed E-state index contributed by atoms with van der Waals surface area (Å²) < 4.78 is 26.0. The van der Waals surface area contributed by atoms with Crippen LogP contribution < -0.4 is 5.32 Å². The second-order valence-corrected chi connectivity index (χ2v) is 7.91. The van der Waals surface area contributed by atoms with E-state index in [0.717, 1.165) is 35.4 Å². The van der Waals surface area contributed by atoms with Gasteiger partial charge in [0, 0.05) is 25.3 Å². The lowest BCUT2D eigenvalue weighted by Gasteiger charge is -2.17. The van der Waals surface area contributed by atoms with Crippen molar-refractivity contribution in [2.24, 2.45) is 0 Å². The van der Waals surface area contributed by atoms with Gasteiger partial charge in [-0.05, 0) is 35.8 Å². The van der Waals surface area contributed by atoms with Gasteiger partial charge in [0.25, 0.3) is 0 Å². The Kier molecular flexibility index (Phi) is 6.68. The van der Waals surface area contributed by atoms with Crippen molar-refractivity contribution < 1.29 is 8.42 Å². The topological polar surface area (TPSA) is 64.0 Å². The van der Waals surface area contributed by atoms with Crippen molar-refractivity contribution in [3.05, 3.63) is 15.9 Å². The summed E-state index contributed by atoms with van der Waals surface area (Å²) in [7, 11) is -3.00. The summed E-state index contributed by atoms with van der Waals surface area (Å²) in [6, 6.07) is -0.0852. The van der Waals surface area contributed by atoms with Crippen LogP contribution in [0.3, 0.4) is 0 Å². The number of rotatable bonds is 8. The Hall–Kier alpha value is -0.400. The Morgan fingerprint density at radius 3 is 2.45 bits per heavy atom. The highest BCUT2D eigenvalue weighted by atomic mass is 79.9. The first kappa shape index (κ1) is 17.7.